The van der Waals surface area contributed by atoms with Crippen molar-refractivity contribution >= 4 is 0 Å². The molecule has 136 valence electrons. The third kappa shape index (κ3) is 5.76. The van der Waals surface area contributed by atoms with E-state index < -0.39 is 0 Å². The molecule has 0 aromatic heterocycles. The lowest BCUT2D eigenvalue weighted by atomic mass is 9.83. The molecule has 0 aliphatic heterocycles. The third-order valence-electron chi connectivity index (χ3n) is 4.48. The summed E-state index contributed by atoms with van der Waals surface area (Å²) < 4.78 is 10.8. The van der Waals surface area contributed by atoms with E-state index in [0.29, 0.717) is 19.4 Å². The molecule has 25 heavy (non-hydrogen) atoms. The van der Waals surface area contributed by atoms with E-state index in [1.54, 1.807) is 7.11 Å². The van der Waals surface area contributed by atoms with Crippen LogP contribution in [-0.2, 0) is 12.8 Å². The molecule has 0 bridgehead atoms. The van der Waals surface area contributed by atoms with Gasteiger partial charge in [0.05, 0.1) is 13.7 Å². The molecule has 2 aromatic rings. The fraction of sp³-hybridized carbons (Fsp3) is 0.429. The molecule has 2 unspecified atom stereocenters. The zero-order valence-corrected chi connectivity index (χ0v) is 15.0. The monoisotopic (exact) mass is 344 g/mol. The van der Waals surface area contributed by atoms with Crippen LogP contribution >= 0.6 is 0 Å². The highest BCUT2D eigenvalue weighted by molar-refractivity contribution is 5.30. The molecule has 2 aromatic carbocycles. The Bertz CT molecular complexity index is 641. The highest BCUT2D eigenvalue weighted by Crippen LogP contribution is 2.25. The maximum Gasteiger partial charge on any atom is 0.119 e. The van der Waals surface area contributed by atoms with Crippen LogP contribution in [0.25, 0.3) is 0 Å². The van der Waals surface area contributed by atoms with Gasteiger partial charge < -0.3 is 19.7 Å². The summed E-state index contributed by atoms with van der Waals surface area (Å²) in [6, 6.07) is 15.8. The fourth-order valence-electron chi connectivity index (χ4n) is 3.09. The average Bonchev–Trinajstić information content (AvgIpc) is 2.65. The molecule has 0 aliphatic carbocycles. The van der Waals surface area contributed by atoms with E-state index in [1.807, 2.05) is 55.5 Å². The van der Waals surface area contributed by atoms with Gasteiger partial charge in [0.2, 0.25) is 0 Å². The van der Waals surface area contributed by atoms with Crippen molar-refractivity contribution in [2.75, 3.05) is 26.9 Å². The van der Waals surface area contributed by atoms with Gasteiger partial charge in [0.25, 0.3) is 0 Å². The van der Waals surface area contributed by atoms with Crippen molar-refractivity contribution in [2.24, 2.45) is 11.8 Å². The van der Waals surface area contributed by atoms with E-state index >= 15 is 0 Å². The highest BCUT2D eigenvalue weighted by Gasteiger charge is 2.21. The molecule has 0 fully saturated rings. The first-order chi connectivity index (χ1) is 12.2. The predicted molar refractivity (Wildman–Crippen MR) is 99.2 cm³/mol. The molecule has 4 nitrogen and oxygen atoms in total. The van der Waals surface area contributed by atoms with E-state index in [-0.39, 0.29) is 25.0 Å². The van der Waals surface area contributed by atoms with E-state index in [9.17, 15) is 10.2 Å². The summed E-state index contributed by atoms with van der Waals surface area (Å²) in [6.07, 6.45) is 1.40. The standard InChI is InChI=1S/C21H28O4/c1-3-25-21-9-5-7-17(13-21)11-19(15-23)18(14-22)10-16-6-4-8-20(12-16)24-2/h4-9,12-13,18-19,22-23H,3,10-11,14-15H2,1-2H3. The van der Waals surface area contributed by atoms with Crippen LogP contribution in [0.2, 0.25) is 0 Å². The van der Waals surface area contributed by atoms with Gasteiger partial charge in [-0.15, -0.1) is 0 Å². The smallest absolute Gasteiger partial charge is 0.119 e. The van der Waals surface area contributed by atoms with Gasteiger partial charge in [-0.05, 0) is 67.0 Å². The van der Waals surface area contributed by atoms with Gasteiger partial charge in [0.1, 0.15) is 11.5 Å². The Balaban J connectivity index is 2.09. The molecule has 4 heteroatoms. The first-order valence-corrected chi connectivity index (χ1v) is 8.76. The summed E-state index contributed by atoms with van der Waals surface area (Å²) in [6.45, 7) is 2.66. The number of hydrogen-bond donors (Lipinski definition) is 2. The minimum Gasteiger partial charge on any atom is -0.497 e. The minimum absolute atomic E-state index is 0.0203. The summed E-state index contributed by atoms with van der Waals surface area (Å²) in [4.78, 5) is 0. The molecular weight excluding hydrogens is 316 g/mol. The van der Waals surface area contributed by atoms with Crippen molar-refractivity contribution in [3.8, 4) is 11.5 Å². The zero-order chi connectivity index (χ0) is 18.1. The molecule has 0 amide bonds. The largest absolute Gasteiger partial charge is 0.497 e. The van der Waals surface area contributed by atoms with Crippen molar-refractivity contribution in [3.05, 3.63) is 59.7 Å². The lowest BCUT2D eigenvalue weighted by Gasteiger charge is -2.24. The van der Waals surface area contributed by atoms with E-state index in [0.717, 1.165) is 22.6 Å². The van der Waals surface area contributed by atoms with Crippen LogP contribution in [0.4, 0.5) is 0 Å². The number of rotatable bonds is 10. The molecule has 2 atom stereocenters. The first kappa shape index (κ1) is 19.3. The second-order valence-electron chi connectivity index (χ2n) is 6.23. The van der Waals surface area contributed by atoms with Crippen molar-refractivity contribution in [1.82, 2.24) is 0 Å². The van der Waals surface area contributed by atoms with Gasteiger partial charge >= 0.3 is 0 Å². The van der Waals surface area contributed by atoms with Gasteiger partial charge in [0.15, 0.2) is 0 Å². The minimum atomic E-state index is -0.0205. The van der Waals surface area contributed by atoms with Crippen LogP contribution in [0.15, 0.2) is 48.5 Å². The van der Waals surface area contributed by atoms with Crippen molar-refractivity contribution < 1.29 is 19.7 Å². The SMILES string of the molecule is CCOc1cccc(CC(CO)C(CO)Cc2cccc(OC)c2)c1. The van der Waals surface area contributed by atoms with Gasteiger partial charge in [0, 0.05) is 13.2 Å². The number of aliphatic hydroxyl groups excluding tert-OH is 2. The second-order valence-corrected chi connectivity index (χ2v) is 6.23. The molecule has 0 heterocycles. The predicted octanol–water partition coefficient (Wildman–Crippen LogP) is 3.10. The Morgan fingerprint density at radius 3 is 1.84 bits per heavy atom. The summed E-state index contributed by atoms with van der Waals surface area (Å²) in [7, 11) is 1.64. The molecule has 2 N–H and O–H groups in total. The third-order valence-corrected chi connectivity index (χ3v) is 4.48. The Labute approximate surface area is 150 Å². The van der Waals surface area contributed by atoms with Crippen molar-refractivity contribution in [1.29, 1.82) is 0 Å². The molecule has 0 aliphatic rings. The first-order valence-electron chi connectivity index (χ1n) is 8.76. The molecule has 0 radical (unpaired) electrons. The summed E-state index contributed by atoms with van der Waals surface area (Å²) >= 11 is 0. The maximum atomic E-state index is 9.87. The van der Waals surface area contributed by atoms with Crippen LogP contribution < -0.4 is 9.47 Å². The molecule has 2 rings (SSSR count). The summed E-state index contributed by atoms with van der Waals surface area (Å²) in [5.41, 5.74) is 2.20. The normalized spacial score (nSPS) is 13.3. The zero-order valence-electron chi connectivity index (χ0n) is 15.0. The Morgan fingerprint density at radius 2 is 1.36 bits per heavy atom. The summed E-state index contributed by atoms with van der Waals surface area (Å²) in [5, 5.41) is 19.7. The van der Waals surface area contributed by atoms with Crippen LogP contribution in [-0.4, -0.2) is 37.1 Å². The fourth-order valence-corrected chi connectivity index (χ4v) is 3.09. The van der Waals surface area contributed by atoms with Crippen molar-refractivity contribution in [3.63, 3.8) is 0 Å². The van der Waals surface area contributed by atoms with E-state index in [1.165, 1.54) is 0 Å². The van der Waals surface area contributed by atoms with E-state index in [2.05, 4.69) is 0 Å². The highest BCUT2D eigenvalue weighted by atomic mass is 16.5. The Morgan fingerprint density at radius 1 is 0.840 bits per heavy atom. The number of hydrogen-bond acceptors (Lipinski definition) is 4. The van der Waals surface area contributed by atoms with Crippen LogP contribution in [0, 0.1) is 11.8 Å². The Hall–Kier alpha value is -2.04. The van der Waals surface area contributed by atoms with Gasteiger partial charge in [-0.2, -0.15) is 0 Å². The molecule has 0 spiro atoms. The van der Waals surface area contributed by atoms with Gasteiger partial charge in [-0.25, -0.2) is 0 Å². The van der Waals surface area contributed by atoms with Crippen LogP contribution in [0.1, 0.15) is 18.1 Å². The average molecular weight is 344 g/mol. The Kier molecular flexibility index (Phi) is 7.76. The lowest BCUT2D eigenvalue weighted by molar-refractivity contribution is 0.119. The second kappa shape index (κ2) is 10.1. The number of methoxy groups -OCH3 is 1. The number of benzene rings is 2. The van der Waals surface area contributed by atoms with Crippen molar-refractivity contribution in [2.45, 2.75) is 19.8 Å². The number of aliphatic hydroxyl groups is 2. The van der Waals surface area contributed by atoms with Gasteiger partial charge in [-0.3, -0.25) is 0 Å². The molecule has 0 saturated heterocycles. The number of ether oxygens (including phenoxy) is 2. The topological polar surface area (TPSA) is 58.9 Å². The summed E-state index contributed by atoms with van der Waals surface area (Å²) in [5.74, 6) is 1.60. The van der Waals surface area contributed by atoms with E-state index in [4.69, 9.17) is 9.47 Å². The van der Waals surface area contributed by atoms with Crippen LogP contribution in [0.5, 0.6) is 11.5 Å². The van der Waals surface area contributed by atoms with Gasteiger partial charge in [-0.1, -0.05) is 24.3 Å². The maximum absolute atomic E-state index is 9.87. The lowest BCUT2D eigenvalue weighted by Crippen LogP contribution is -2.26. The molecular formula is C21H28O4. The molecule has 0 saturated carbocycles. The quantitative estimate of drug-likeness (QED) is 0.695. The van der Waals surface area contributed by atoms with Crippen LogP contribution in [0.3, 0.4) is 0 Å².